The number of unbranched alkanes of at least 4 members (excludes halogenated alkanes) is 2. The predicted octanol–water partition coefficient (Wildman–Crippen LogP) is -0.114. The summed E-state index contributed by atoms with van der Waals surface area (Å²) in [5, 5.41) is 30.0. The van der Waals surface area contributed by atoms with Gasteiger partial charge in [-0.1, -0.05) is 48.5 Å². The largest absolute Gasteiger partial charge is 0.481 e. The van der Waals surface area contributed by atoms with Crippen molar-refractivity contribution in [2.75, 3.05) is 25.1 Å². The molecule has 22 nitrogen and oxygen atoms in total. The second-order valence-corrected chi connectivity index (χ2v) is 20.0. The van der Waals surface area contributed by atoms with Gasteiger partial charge in [0, 0.05) is 36.4 Å². The molecular formula is C48H70N12O10SSe. The maximum absolute atomic E-state index is 14.2. The normalized spacial score (nSPS) is 13.4. The Labute approximate surface area is 429 Å². The van der Waals surface area contributed by atoms with Crippen molar-refractivity contribution in [3.8, 4) is 0 Å². The van der Waals surface area contributed by atoms with E-state index < -0.39 is 90.0 Å². The molecule has 1 heterocycles. The number of rotatable bonds is 34. The summed E-state index contributed by atoms with van der Waals surface area (Å²) < 4.78 is 0. The quantitative estimate of drug-likeness (QED) is 0.0161. The van der Waals surface area contributed by atoms with E-state index in [9.17, 15) is 48.3 Å². The zero-order valence-electron chi connectivity index (χ0n) is 41.0. The summed E-state index contributed by atoms with van der Waals surface area (Å²) >= 11 is 1.65. The number of carboxylic acid groups (broad SMARTS) is 1. The molecule has 0 aliphatic heterocycles. The molecule has 0 radical (unpaired) electrons. The van der Waals surface area contributed by atoms with Gasteiger partial charge in [-0.3, -0.25) is 28.8 Å². The Kier molecular flexibility index (Phi) is 26.8. The summed E-state index contributed by atoms with van der Waals surface area (Å²) in [4.78, 5) is 125. The van der Waals surface area contributed by atoms with Crippen LogP contribution in [0.5, 0.6) is 0 Å². The third-order valence-electron chi connectivity index (χ3n) is 11.2. The van der Waals surface area contributed by atoms with E-state index in [1.165, 1.54) is 18.7 Å². The fraction of sp³-hybridized carbons (Fsp3) is 0.500. The number of nitrogens with two attached hydrogens (primary N) is 3. The van der Waals surface area contributed by atoms with Gasteiger partial charge in [0.05, 0.1) is 6.42 Å². The fourth-order valence-corrected chi connectivity index (χ4v) is 8.95. The van der Waals surface area contributed by atoms with Crippen molar-refractivity contribution >= 4 is 96.8 Å². The Hall–Kier alpha value is -6.65. The van der Waals surface area contributed by atoms with Crippen molar-refractivity contribution in [2.45, 2.75) is 125 Å². The minimum atomic E-state index is -1.65. The SMILES string of the molecule is CSCC[C@H](NC(=O)[C@H](Cc1c[nH]c2ccccc12)NC(=O)CCCCCNC(=O)[C@H](CCCN=C(N)N)NC(=O)[C@H](CC[Se]C)NC(C)=O)C(=O)N[C@@H](CC(=O)O)C(=O)N[C@@H](Cc1ccccc1)C(N)=O. The van der Waals surface area contributed by atoms with Crippen molar-refractivity contribution in [2.24, 2.45) is 22.2 Å². The molecular weight excluding hydrogens is 1020 g/mol. The van der Waals surface area contributed by atoms with Gasteiger partial charge in [-0.15, -0.1) is 0 Å². The number of aliphatic carboxylic acids is 1. The molecule has 0 aliphatic rings. The number of amides is 8. The van der Waals surface area contributed by atoms with Crippen LogP contribution in [0.25, 0.3) is 10.9 Å². The first-order valence-corrected chi connectivity index (χ1v) is 27.9. The number of aliphatic imine (C=N–C) groups is 1. The molecule has 0 aliphatic carbocycles. The smallest absolute Gasteiger partial charge is 0.305 e. The molecule has 24 heteroatoms. The van der Waals surface area contributed by atoms with Crippen LogP contribution in [0.15, 0.2) is 65.8 Å². The van der Waals surface area contributed by atoms with Crippen molar-refractivity contribution in [1.29, 1.82) is 0 Å². The van der Waals surface area contributed by atoms with E-state index in [-0.39, 0.29) is 72.0 Å². The van der Waals surface area contributed by atoms with Gasteiger partial charge in [0.15, 0.2) is 0 Å². The van der Waals surface area contributed by atoms with Crippen LogP contribution in [-0.2, 0) is 56.0 Å². The van der Waals surface area contributed by atoms with Crippen molar-refractivity contribution in [3.63, 3.8) is 0 Å². The third kappa shape index (κ3) is 22.2. The minimum absolute atomic E-state index is 0.0115. The average molecular weight is 1090 g/mol. The summed E-state index contributed by atoms with van der Waals surface area (Å²) in [5.41, 5.74) is 18.7. The Morgan fingerprint density at radius 1 is 0.681 bits per heavy atom. The van der Waals surface area contributed by atoms with Gasteiger partial charge in [-0.2, -0.15) is 11.8 Å². The number of primary amides is 1. The topological polar surface area (TPSA) is 364 Å². The predicted molar refractivity (Wildman–Crippen MR) is 276 cm³/mol. The number of para-hydroxylation sites is 1. The Morgan fingerprint density at radius 3 is 1.93 bits per heavy atom. The number of hydrogen-bond acceptors (Lipinski definition) is 11. The van der Waals surface area contributed by atoms with E-state index in [0.29, 0.717) is 49.0 Å². The van der Waals surface area contributed by atoms with Gasteiger partial charge in [0.25, 0.3) is 0 Å². The third-order valence-corrected chi connectivity index (χ3v) is 13.2. The summed E-state index contributed by atoms with van der Waals surface area (Å²) in [6, 6.07) is 9.06. The molecule has 0 spiro atoms. The van der Waals surface area contributed by atoms with Crippen LogP contribution in [-0.4, -0.2) is 146 Å². The Morgan fingerprint density at radius 2 is 1.29 bits per heavy atom. The summed E-state index contributed by atoms with van der Waals surface area (Å²) in [7, 11) is 0. The number of fused-ring (bicyclic) bond motifs is 1. The van der Waals surface area contributed by atoms with E-state index in [1.807, 2.05) is 30.1 Å². The van der Waals surface area contributed by atoms with E-state index in [4.69, 9.17) is 17.2 Å². The van der Waals surface area contributed by atoms with Gasteiger partial charge >= 0.3 is 173 Å². The van der Waals surface area contributed by atoms with Crippen LogP contribution < -0.4 is 54.4 Å². The zero-order chi connectivity index (χ0) is 53.0. The second-order valence-electron chi connectivity index (χ2n) is 17.0. The maximum Gasteiger partial charge on any atom is 0.305 e. The van der Waals surface area contributed by atoms with Crippen LogP contribution >= 0.6 is 11.8 Å². The summed E-state index contributed by atoms with van der Waals surface area (Å²) in [5.74, 6) is -4.24. The first kappa shape index (κ1) is 59.7. The standard InChI is InChI=1S/C48H70N12O10SSe/c1-29(61)55-36(20-24-72-3)45(68)57-34(17-12-22-53-48(50)51)43(66)52-21-11-5-8-18-40(62)56-38(26-31-28-54-33-16-10-9-15-32(31)33)46(69)58-35(19-23-71-2)44(67)60-39(27-41(63)64)47(70)59-37(42(49)65)25-30-13-6-4-7-14-30/h4,6-7,9-10,13-16,28,34-39,54H,5,8,11-12,17-27H2,1-3H3,(H2,49,65)(H,52,66)(H,55,61)(H,56,62)(H,57,68)(H,58,69)(H,59,70)(H,60,67)(H,63,64)(H4,50,51,53)/t34-,35-,36-,37-,38-,39-/m0/s1. The molecule has 0 saturated carbocycles. The summed E-state index contributed by atoms with van der Waals surface area (Å²) in [6.45, 7) is 1.79. The van der Waals surface area contributed by atoms with E-state index in [0.717, 1.165) is 16.2 Å². The molecule has 0 fully saturated rings. The molecule has 6 atom stereocenters. The molecule has 2 aromatic carbocycles. The molecule has 394 valence electrons. The molecule has 3 rings (SSSR count). The van der Waals surface area contributed by atoms with Crippen molar-refractivity contribution < 1.29 is 48.3 Å². The first-order chi connectivity index (χ1) is 34.4. The number of aromatic amines is 1. The Bertz CT molecular complexity index is 2320. The van der Waals surface area contributed by atoms with Crippen LogP contribution in [0, 0.1) is 0 Å². The number of H-pyrrole nitrogens is 1. The number of hydrogen-bond donors (Lipinski definition) is 12. The van der Waals surface area contributed by atoms with Gasteiger partial charge < -0.3 is 37.1 Å². The molecule has 0 unspecified atom stereocenters. The molecule has 1 aromatic heterocycles. The molecule has 3 aromatic rings. The minimum Gasteiger partial charge on any atom is -0.481 e. The van der Waals surface area contributed by atoms with Gasteiger partial charge in [0.2, 0.25) is 29.5 Å². The number of nitrogens with one attached hydrogen (secondary N) is 8. The van der Waals surface area contributed by atoms with Crippen LogP contribution in [0.4, 0.5) is 0 Å². The van der Waals surface area contributed by atoms with E-state index >= 15 is 0 Å². The number of thioether (sulfide) groups is 1. The van der Waals surface area contributed by atoms with E-state index in [1.54, 1.807) is 42.8 Å². The second kappa shape index (κ2) is 32.3. The molecule has 8 amide bonds. The van der Waals surface area contributed by atoms with E-state index in [2.05, 4.69) is 47.2 Å². The molecule has 15 N–H and O–H groups in total. The number of nitrogens with zero attached hydrogens (tertiary/aromatic N) is 1. The van der Waals surface area contributed by atoms with Crippen LogP contribution in [0.2, 0.25) is 11.1 Å². The number of carbonyl (C=O) groups is 9. The van der Waals surface area contributed by atoms with Crippen molar-refractivity contribution in [1.82, 2.24) is 42.2 Å². The van der Waals surface area contributed by atoms with Crippen molar-refractivity contribution in [3.05, 3.63) is 71.9 Å². The van der Waals surface area contributed by atoms with Gasteiger partial charge in [0.1, 0.15) is 24.2 Å². The molecule has 0 saturated heterocycles. The van der Waals surface area contributed by atoms with Crippen LogP contribution in [0.1, 0.15) is 75.8 Å². The first-order valence-electron chi connectivity index (χ1n) is 23.6. The summed E-state index contributed by atoms with van der Waals surface area (Å²) in [6.07, 6.45) is 5.21. The zero-order valence-corrected chi connectivity index (χ0v) is 43.5. The van der Waals surface area contributed by atoms with Gasteiger partial charge in [-0.05, 0) is 35.6 Å². The average Bonchev–Trinajstić information content (AvgIpc) is 3.75. The fourth-order valence-electron chi connectivity index (χ4n) is 7.49. The molecule has 0 bridgehead atoms. The number of guanidine groups is 1. The van der Waals surface area contributed by atoms with Gasteiger partial charge in [-0.25, -0.2) is 0 Å². The number of aromatic nitrogens is 1. The number of carboxylic acids is 1. The number of carbonyl (C=O) groups excluding carboxylic acids is 8. The van der Waals surface area contributed by atoms with Crippen LogP contribution in [0.3, 0.4) is 0 Å². The maximum atomic E-state index is 14.2. The number of benzene rings is 2. The monoisotopic (exact) mass is 1090 g/mol. The molecule has 72 heavy (non-hydrogen) atoms. The Balaban J connectivity index is 1.69.